The lowest BCUT2D eigenvalue weighted by atomic mass is 9.95. The van der Waals surface area contributed by atoms with Crippen LogP contribution in [0.25, 0.3) is 0 Å². The highest BCUT2D eigenvalue weighted by atomic mass is 16.5. The summed E-state index contributed by atoms with van der Waals surface area (Å²) in [6, 6.07) is 8.48. The monoisotopic (exact) mass is 221 g/mol. The second kappa shape index (κ2) is 5.87. The molecule has 1 N–H and O–H groups in total. The average Bonchev–Trinajstić information content (AvgIpc) is 2.34. The van der Waals surface area contributed by atoms with Crippen molar-refractivity contribution >= 4 is 5.69 Å². The molecule has 0 saturated carbocycles. The molecule has 1 unspecified atom stereocenters. The van der Waals surface area contributed by atoms with Crippen LogP contribution in [-0.4, -0.2) is 33.5 Å². The summed E-state index contributed by atoms with van der Waals surface area (Å²) in [4.78, 5) is 0. The standard InChI is InChI=1S/C13H19NO2/c1-15-6-7-16-10-11-8-12-4-2-3-5-13(12)14-9-11/h2-5,11,14H,6-10H2,1H3. The van der Waals surface area contributed by atoms with Crippen LogP contribution in [0.5, 0.6) is 0 Å². The molecule has 1 aromatic carbocycles. The number of nitrogens with one attached hydrogen (secondary N) is 1. The second-order valence-corrected chi connectivity index (χ2v) is 4.18. The van der Waals surface area contributed by atoms with Crippen LogP contribution in [0.15, 0.2) is 24.3 Å². The predicted molar refractivity (Wildman–Crippen MR) is 64.8 cm³/mol. The van der Waals surface area contributed by atoms with Crippen LogP contribution >= 0.6 is 0 Å². The number of anilines is 1. The molecule has 88 valence electrons. The fraction of sp³-hybridized carbons (Fsp3) is 0.538. The number of hydrogen-bond donors (Lipinski definition) is 1. The predicted octanol–water partition coefficient (Wildman–Crippen LogP) is 1.93. The van der Waals surface area contributed by atoms with Crippen LogP contribution in [0.2, 0.25) is 0 Å². The molecule has 0 aliphatic carbocycles. The summed E-state index contributed by atoms with van der Waals surface area (Å²) in [6.07, 6.45) is 1.11. The van der Waals surface area contributed by atoms with Gasteiger partial charge >= 0.3 is 0 Å². The maximum absolute atomic E-state index is 5.56. The van der Waals surface area contributed by atoms with Crippen molar-refractivity contribution in [3.8, 4) is 0 Å². The molecule has 3 heteroatoms. The fourth-order valence-corrected chi connectivity index (χ4v) is 2.02. The topological polar surface area (TPSA) is 30.5 Å². The van der Waals surface area contributed by atoms with Crippen LogP contribution in [0.4, 0.5) is 5.69 Å². The third kappa shape index (κ3) is 2.97. The third-order valence-corrected chi connectivity index (χ3v) is 2.89. The molecule has 2 rings (SSSR count). The molecular formula is C13H19NO2. The molecule has 0 saturated heterocycles. The van der Waals surface area contributed by atoms with Crippen LogP contribution < -0.4 is 5.32 Å². The van der Waals surface area contributed by atoms with E-state index in [1.165, 1.54) is 11.3 Å². The van der Waals surface area contributed by atoms with Gasteiger partial charge in [-0.05, 0) is 18.1 Å². The highest BCUT2D eigenvalue weighted by Crippen LogP contribution is 2.24. The summed E-state index contributed by atoms with van der Waals surface area (Å²) < 4.78 is 10.5. The largest absolute Gasteiger partial charge is 0.384 e. The van der Waals surface area contributed by atoms with Crippen molar-refractivity contribution in [1.82, 2.24) is 0 Å². The van der Waals surface area contributed by atoms with Crippen LogP contribution in [0, 0.1) is 5.92 Å². The molecule has 1 heterocycles. The molecule has 16 heavy (non-hydrogen) atoms. The number of fused-ring (bicyclic) bond motifs is 1. The molecule has 0 amide bonds. The minimum atomic E-state index is 0.576. The molecule has 1 atom stereocenters. The number of methoxy groups -OCH3 is 1. The molecule has 0 bridgehead atoms. The van der Waals surface area contributed by atoms with Gasteiger partial charge in [0.2, 0.25) is 0 Å². The maximum Gasteiger partial charge on any atom is 0.0700 e. The Bertz CT molecular complexity index is 327. The first-order valence-electron chi connectivity index (χ1n) is 5.78. The molecule has 1 aromatic rings. The lowest BCUT2D eigenvalue weighted by Gasteiger charge is -2.25. The first kappa shape index (κ1) is 11.4. The molecule has 1 aliphatic rings. The number of rotatable bonds is 5. The van der Waals surface area contributed by atoms with E-state index >= 15 is 0 Å². The summed E-state index contributed by atoms with van der Waals surface area (Å²) in [7, 11) is 1.70. The number of benzene rings is 1. The van der Waals surface area contributed by atoms with Gasteiger partial charge < -0.3 is 14.8 Å². The number of para-hydroxylation sites is 1. The molecule has 0 aromatic heterocycles. The van der Waals surface area contributed by atoms with Gasteiger partial charge in [0.15, 0.2) is 0 Å². The Morgan fingerprint density at radius 1 is 1.31 bits per heavy atom. The van der Waals surface area contributed by atoms with E-state index in [1.807, 2.05) is 0 Å². The lowest BCUT2D eigenvalue weighted by molar-refractivity contribution is 0.0530. The Balaban J connectivity index is 1.79. The minimum absolute atomic E-state index is 0.576. The number of ether oxygens (including phenoxy) is 2. The van der Waals surface area contributed by atoms with Gasteiger partial charge in [-0.1, -0.05) is 18.2 Å². The first-order valence-corrected chi connectivity index (χ1v) is 5.78. The highest BCUT2D eigenvalue weighted by molar-refractivity contribution is 5.53. The zero-order valence-corrected chi connectivity index (χ0v) is 9.74. The van der Waals surface area contributed by atoms with E-state index in [2.05, 4.69) is 29.6 Å². The lowest BCUT2D eigenvalue weighted by Crippen LogP contribution is -2.27. The minimum Gasteiger partial charge on any atom is -0.384 e. The fourth-order valence-electron chi connectivity index (χ4n) is 2.02. The zero-order valence-electron chi connectivity index (χ0n) is 9.74. The van der Waals surface area contributed by atoms with E-state index < -0.39 is 0 Å². The van der Waals surface area contributed by atoms with E-state index in [-0.39, 0.29) is 0 Å². The van der Waals surface area contributed by atoms with Crippen LogP contribution in [0.1, 0.15) is 5.56 Å². The van der Waals surface area contributed by atoms with Crippen molar-refractivity contribution in [2.75, 3.05) is 38.8 Å². The molecule has 0 radical (unpaired) electrons. The van der Waals surface area contributed by atoms with Crippen LogP contribution in [0.3, 0.4) is 0 Å². The van der Waals surface area contributed by atoms with Crippen molar-refractivity contribution in [1.29, 1.82) is 0 Å². The second-order valence-electron chi connectivity index (χ2n) is 4.18. The third-order valence-electron chi connectivity index (χ3n) is 2.89. The average molecular weight is 221 g/mol. The normalized spacial score (nSPS) is 18.9. The van der Waals surface area contributed by atoms with Crippen LogP contribution in [-0.2, 0) is 15.9 Å². The Labute approximate surface area is 96.8 Å². The van der Waals surface area contributed by atoms with Crippen molar-refractivity contribution in [3.05, 3.63) is 29.8 Å². The zero-order chi connectivity index (χ0) is 11.2. The number of hydrogen-bond acceptors (Lipinski definition) is 3. The van der Waals surface area contributed by atoms with E-state index in [0.29, 0.717) is 19.1 Å². The Morgan fingerprint density at radius 2 is 2.19 bits per heavy atom. The van der Waals surface area contributed by atoms with Crippen molar-refractivity contribution in [3.63, 3.8) is 0 Å². The Hall–Kier alpha value is -1.06. The Kier molecular flexibility index (Phi) is 4.19. The van der Waals surface area contributed by atoms with E-state index in [1.54, 1.807) is 7.11 Å². The summed E-state index contributed by atoms with van der Waals surface area (Å²) in [6.45, 7) is 3.18. The SMILES string of the molecule is COCCOCC1CNc2ccccc2C1. The van der Waals surface area contributed by atoms with E-state index in [9.17, 15) is 0 Å². The Morgan fingerprint density at radius 3 is 3.06 bits per heavy atom. The molecule has 0 spiro atoms. The van der Waals surface area contributed by atoms with Gasteiger partial charge in [-0.25, -0.2) is 0 Å². The van der Waals surface area contributed by atoms with E-state index in [0.717, 1.165) is 19.6 Å². The van der Waals surface area contributed by atoms with Gasteiger partial charge in [-0.15, -0.1) is 0 Å². The van der Waals surface area contributed by atoms with Gasteiger partial charge in [0.1, 0.15) is 0 Å². The quantitative estimate of drug-likeness (QED) is 0.771. The molecular weight excluding hydrogens is 202 g/mol. The van der Waals surface area contributed by atoms with Gasteiger partial charge in [0.05, 0.1) is 19.8 Å². The first-order chi connectivity index (χ1) is 7.90. The van der Waals surface area contributed by atoms with Crippen molar-refractivity contribution < 1.29 is 9.47 Å². The summed E-state index contributed by atoms with van der Waals surface area (Å²) in [5.41, 5.74) is 2.67. The molecule has 3 nitrogen and oxygen atoms in total. The van der Waals surface area contributed by atoms with Gasteiger partial charge in [-0.2, -0.15) is 0 Å². The summed E-state index contributed by atoms with van der Waals surface area (Å²) in [5, 5.41) is 3.44. The molecule has 0 fully saturated rings. The van der Waals surface area contributed by atoms with E-state index in [4.69, 9.17) is 9.47 Å². The summed E-state index contributed by atoms with van der Waals surface area (Å²) >= 11 is 0. The van der Waals surface area contributed by atoms with Crippen molar-refractivity contribution in [2.45, 2.75) is 6.42 Å². The summed E-state index contributed by atoms with van der Waals surface area (Å²) in [5.74, 6) is 0.576. The van der Waals surface area contributed by atoms with Gasteiger partial charge in [-0.3, -0.25) is 0 Å². The van der Waals surface area contributed by atoms with Gasteiger partial charge in [0.25, 0.3) is 0 Å². The van der Waals surface area contributed by atoms with Crippen molar-refractivity contribution in [2.24, 2.45) is 5.92 Å². The maximum atomic E-state index is 5.56. The highest BCUT2D eigenvalue weighted by Gasteiger charge is 2.17. The molecule has 1 aliphatic heterocycles. The van der Waals surface area contributed by atoms with Gasteiger partial charge in [0, 0.05) is 25.3 Å². The smallest absolute Gasteiger partial charge is 0.0700 e.